The molecule has 0 radical (unpaired) electrons. The average Bonchev–Trinajstić information content (AvgIpc) is 2.81. The van der Waals surface area contributed by atoms with Crippen LogP contribution in [0.25, 0.3) is 10.8 Å². The van der Waals surface area contributed by atoms with Crippen molar-refractivity contribution in [1.82, 2.24) is 5.32 Å². The highest BCUT2D eigenvalue weighted by molar-refractivity contribution is 7.80. The lowest BCUT2D eigenvalue weighted by molar-refractivity contribution is -0.254. The van der Waals surface area contributed by atoms with Gasteiger partial charge in [0.2, 0.25) is 0 Å². The van der Waals surface area contributed by atoms with Gasteiger partial charge in [0, 0.05) is 38.8 Å². The Morgan fingerprint density at radius 3 is 2.05 bits per heavy atom. The third kappa shape index (κ3) is 7.61. The van der Waals surface area contributed by atoms with Gasteiger partial charge in [0.05, 0.1) is 0 Å². The second-order valence-corrected chi connectivity index (χ2v) is 8.65. The van der Waals surface area contributed by atoms with E-state index in [1.165, 1.54) is 13.8 Å². The number of nitrogens with one attached hydrogen (secondary N) is 2. The lowest BCUT2D eigenvalue weighted by Gasteiger charge is -2.44. The summed E-state index contributed by atoms with van der Waals surface area (Å²) in [7, 11) is 0. The fraction of sp³-hybridized carbons (Fsp3) is 0.400. The van der Waals surface area contributed by atoms with E-state index >= 15 is 0 Å². The van der Waals surface area contributed by atoms with Crippen molar-refractivity contribution in [2.45, 2.75) is 58.3 Å². The zero-order valence-corrected chi connectivity index (χ0v) is 21.5. The molecule has 37 heavy (non-hydrogen) atoms. The van der Waals surface area contributed by atoms with Crippen molar-refractivity contribution in [2.75, 3.05) is 11.9 Å². The molecule has 0 spiro atoms. The highest BCUT2D eigenvalue weighted by atomic mass is 32.1. The van der Waals surface area contributed by atoms with Crippen molar-refractivity contribution < 1.29 is 42.9 Å². The zero-order chi connectivity index (χ0) is 27.1. The summed E-state index contributed by atoms with van der Waals surface area (Å²) in [6, 6.07) is 13.3. The summed E-state index contributed by atoms with van der Waals surface area (Å²) in [5.41, 5.74) is 0.709. The summed E-state index contributed by atoms with van der Waals surface area (Å²) >= 11 is 5.50. The Hall–Kier alpha value is -3.77. The molecule has 1 heterocycles. The third-order valence-electron chi connectivity index (χ3n) is 5.30. The van der Waals surface area contributed by atoms with Crippen molar-refractivity contribution >= 4 is 57.7 Å². The number of hydrogen-bond donors (Lipinski definition) is 2. The molecule has 3 rings (SSSR count). The van der Waals surface area contributed by atoms with Gasteiger partial charge in [-0.15, -0.1) is 0 Å². The van der Waals surface area contributed by atoms with Gasteiger partial charge in [-0.05, 0) is 23.7 Å². The Balaban J connectivity index is 1.91. The highest BCUT2D eigenvalue weighted by Crippen LogP contribution is 2.29. The monoisotopic (exact) mass is 532 g/mol. The van der Waals surface area contributed by atoms with Crippen LogP contribution in [0.4, 0.5) is 5.69 Å². The summed E-state index contributed by atoms with van der Waals surface area (Å²) in [4.78, 5) is 47.2. The number of carbonyl (C=O) groups is 4. The van der Waals surface area contributed by atoms with E-state index in [9.17, 15) is 19.2 Å². The number of benzene rings is 2. The zero-order valence-electron chi connectivity index (χ0n) is 20.7. The van der Waals surface area contributed by atoms with Gasteiger partial charge in [-0.3, -0.25) is 19.2 Å². The van der Waals surface area contributed by atoms with Crippen molar-refractivity contribution in [3.63, 3.8) is 0 Å². The molecule has 12 heteroatoms. The number of thiocarbonyl (C=S) groups is 1. The van der Waals surface area contributed by atoms with Gasteiger partial charge in [-0.1, -0.05) is 36.4 Å². The molecule has 198 valence electrons. The van der Waals surface area contributed by atoms with E-state index in [4.69, 9.17) is 35.9 Å². The van der Waals surface area contributed by atoms with Crippen LogP contribution >= 0.6 is 12.2 Å². The maximum Gasteiger partial charge on any atom is 0.303 e. The molecule has 2 aromatic carbocycles. The smallest absolute Gasteiger partial charge is 0.303 e. The Morgan fingerprint density at radius 1 is 0.811 bits per heavy atom. The Labute approximate surface area is 218 Å². The van der Waals surface area contributed by atoms with Crippen LogP contribution in [0.1, 0.15) is 27.7 Å². The quantitative estimate of drug-likeness (QED) is 0.307. The molecule has 1 fully saturated rings. The highest BCUT2D eigenvalue weighted by Gasteiger charge is 2.52. The van der Waals surface area contributed by atoms with E-state index < -0.39 is 54.5 Å². The van der Waals surface area contributed by atoms with Crippen molar-refractivity contribution in [1.29, 1.82) is 0 Å². The topological polar surface area (TPSA) is 138 Å². The minimum absolute atomic E-state index is 0.109. The van der Waals surface area contributed by atoms with E-state index in [0.29, 0.717) is 5.69 Å². The van der Waals surface area contributed by atoms with Crippen LogP contribution in [0, 0.1) is 0 Å². The van der Waals surface area contributed by atoms with Crippen LogP contribution in [0.5, 0.6) is 0 Å². The van der Waals surface area contributed by atoms with Crippen LogP contribution in [-0.2, 0) is 42.9 Å². The fourth-order valence-corrected chi connectivity index (χ4v) is 4.19. The molecule has 2 aromatic rings. The van der Waals surface area contributed by atoms with Crippen molar-refractivity contribution in [3.05, 3.63) is 42.5 Å². The molecule has 11 nitrogen and oxygen atoms in total. The maximum absolute atomic E-state index is 12.0. The molecule has 5 atom stereocenters. The first kappa shape index (κ1) is 27.8. The maximum atomic E-state index is 12.0. The second kappa shape index (κ2) is 12.5. The largest absolute Gasteiger partial charge is 0.463 e. The van der Waals surface area contributed by atoms with Crippen LogP contribution in [-0.4, -0.2) is 66.2 Å². The van der Waals surface area contributed by atoms with Crippen LogP contribution < -0.4 is 10.6 Å². The predicted molar refractivity (Wildman–Crippen MR) is 135 cm³/mol. The molecule has 0 bridgehead atoms. The number of fused-ring (bicyclic) bond motifs is 1. The number of anilines is 1. The van der Waals surface area contributed by atoms with Crippen LogP contribution in [0.15, 0.2) is 42.5 Å². The Bertz CT molecular complexity index is 1180. The molecule has 1 aliphatic rings. The molecule has 0 amide bonds. The molecule has 0 saturated carbocycles. The first-order valence-corrected chi connectivity index (χ1v) is 11.8. The SMILES string of the molecule is CC(=O)OC[C@@H]1O[C@@H](NC(=S)Nc2cccc3ccccc23)[C@@H](OC(C)=O)[C@@H](OC(C)=O)[C@@H]1OC(C)=O. The van der Waals surface area contributed by atoms with E-state index in [1.54, 1.807) is 0 Å². The minimum Gasteiger partial charge on any atom is -0.463 e. The lowest BCUT2D eigenvalue weighted by atomic mass is 9.97. The van der Waals surface area contributed by atoms with Crippen molar-refractivity contribution in [2.24, 2.45) is 0 Å². The van der Waals surface area contributed by atoms with Crippen molar-refractivity contribution in [3.8, 4) is 0 Å². The Kier molecular flexibility index (Phi) is 9.36. The molecular weight excluding hydrogens is 504 g/mol. The average molecular weight is 533 g/mol. The molecule has 1 aliphatic heterocycles. The number of rotatable bonds is 7. The normalized spacial score (nSPS) is 22.9. The molecule has 0 aromatic heterocycles. The number of ether oxygens (including phenoxy) is 5. The van der Waals surface area contributed by atoms with Gasteiger partial charge >= 0.3 is 23.9 Å². The van der Waals surface area contributed by atoms with E-state index in [2.05, 4.69) is 10.6 Å². The lowest BCUT2D eigenvalue weighted by Crippen LogP contribution is -2.66. The number of hydrogen-bond acceptors (Lipinski definition) is 10. The van der Waals surface area contributed by atoms with Crippen LogP contribution in [0.2, 0.25) is 0 Å². The summed E-state index contributed by atoms with van der Waals surface area (Å²) in [6.07, 6.45) is -6.07. The second-order valence-electron chi connectivity index (χ2n) is 8.25. The van der Waals surface area contributed by atoms with Gasteiger partial charge in [0.15, 0.2) is 29.7 Å². The Morgan fingerprint density at radius 2 is 1.41 bits per heavy atom. The molecule has 0 unspecified atom stereocenters. The molecular formula is C25H28N2O9S. The van der Waals surface area contributed by atoms with Gasteiger partial charge < -0.3 is 34.3 Å². The standard InChI is InChI=1S/C25H28N2O9S/c1-13(28)32-12-20-21(33-14(2)29)22(34-15(3)30)23(35-16(4)31)24(36-20)27-25(37)26-19-11-7-9-17-8-5-6-10-18(17)19/h5-11,20-24H,12H2,1-4H3,(H2,26,27,37)/t20-,21+,22-,23-,24+/m0/s1. The van der Waals surface area contributed by atoms with E-state index in [-0.39, 0.29) is 11.7 Å². The molecule has 2 N–H and O–H groups in total. The van der Waals surface area contributed by atoms with Gasteiger partial charge in [-0.2, -0.15) is 0 Å². The predicted octanol–water partition coefficient (Wildman–Crippen LogP) is 2.21. The number of esters is 4. The first-order valence-electron chi connectivity index (χ1n) is 11.4. The van der Waals surface area contributed by atoms with E-state index in [1.807, 2.05) is 42.5 Å². The van der Waals surface area contributed by atoms with E-state index in [0.717, 1.165) is 24.6 Å². The summed E-state index contributed by atoms with van der Waals surface area (Å²) in [5.74, 6) is -2.73. The molecule has 1 saturated heterocycles. The third-order valence-corrected chi connectivity index (χ3v) is 5.52. The van der Waals surface area contributed by atoms with Gasteiger partial charge in [-0.25, -0.2) is 0 Å². The number of carbonyl (C=O) groups excluding carboxylic acids is 4. The van der Waals surface area contributed by atoms with Crippen LogP contribution in [0.3, 0.4) is 0 Å². The minimum atomic E-state index is -1.29. The summed E-state index contributed by atoms with van der Waals surface area (Å²) < 4.78 is 27.3. The fourth-order valence-electron chi connectivity index (χ4n) is 3.97. The van der Waals surface area contributed by atoms with Gasteiger partial charge in [0.1, 0.15) is 12.7 Å². The summed E-state index contributed by atoms with van der Waals surface area (Å²) in [5, 5.41) is 8.03. The molecule has 0 aliphatic carbocycles. The van der Waals surface area contributed by atoms with Gasteiger partial charge in [0.25, 0.3) is 0 Å². The first-order chi connectivity index (χ1) is 17.5. The summed E-state index contributed by atoms with van der Waals surface area (Å²) in [6.45, 7) is 4.34.